The van der Waals surface area contributed by atoms with Gasteiger partial charge in [0.2, 0.25) is 0 Å². The molecule has 0 radical (unpaired) electrons. The number of aryl methyl sites for hydroxylation is 1. The van der Waals surface area contributed by atoms with Crippen LogP contribution in [0.4, 0.5) is 8.78 Å². The second-order valence-electron chi connectivity index (χ2n) is 4.61. The largest absolute Gasteiger partial charge is 0.306 e. The fourth-order valence-corrected chi connectivity index (χ4v) is 2.70. The molecule has 2 aromatic carbocycles. The molecule has 0 saturated carbocycles. The molecule has 0 aliphatic rings. The Labute approximate surface area is 126 Å². The Morgan fingerprint density at radius 3 is 2.40 bits per heavy atom. The van der Waals surface area contributed by atoms with Crippen LogP contribution >= 0.6 is 15.9 Å². The minimum Gasteiger partial charge on any atom is -0.306 e. The van der Waals surface area contributed by atoms with Gasteiger partial charge >= 0.3 is 0 Å². The van der Waals surface area contributed by atoms with Gasteiger partial charge in [0, 0.05) is 10.0 Å². The molecule has 2 aromatic rings. The van der Waals surface area contributed by atoms with Crippen LogP contribution in [0.25, 0.3) is 0 Å². The number of nitrogens with one attached hydrogen (secondary N) is 1. The number of halogens is 3. The second kappa shape index (κ2) is 6.46. The van der Waals surface area contributed by atoms with Crippen molar-refractivity contribution in [1.82, 2.24) is 5.32 Å². The van der Waals surface area contributed by atoms with Crippen molar-refractivity contribution >= 4 is 15.9 Å². The summed E-state index contributed by atoms with van der Waals surface area (Å²) in [7, 11) is 0. The highest BCUT2D eigenvalue weighted by Crippen LogP contribution is 2.31. The van der Waals surface area contributed by atoms with E-state index >= 15 is 0 Å². The lowest BCUT2D eigenvalue weighted by atomic mass is 9.97. The first-order valence-electron chi connectivity index (χ1n) is 6.48. The molecular weight excluding hydrogens is 324 g/mol. The van der Waals surface area contributed by atoms with Crippen LogP contribution in [0.1, 0.15) is 29.7 Å². The normalized spacial score (nSPS) is 12.4. The van der Waals surface area contributed by atoms with Gasteiger partial charge in [0.1, 0.15) is 0 Å². The van der Waals surface area contributed by atoms with Crippen LogP contribution in [0.3, 0.4) is 0 Å². The van der Waals surface area contributed by atoms with Gasteiger partial charge in [0.25, 0.3) is 0 Å². The zero-order valence-corrected chi connectivity index (χ0v) is 13.0. The molecule has 1 atom stereocenters. The lowest BCUT2D eigenvalue weighted by molar-refractivity contribution is 0.478. The Hall–Kier alpha value is -1.26. The van der Waals surface area contributed by atoms with Crippen molar-refractivity contribution in [3.63, 3.8) is 0 Å². The molecule has 2 rings (SSSR count). The highest BCUT2D eigenvalue weighted by atomic mass is 79.9. The van der Waals surface area contributed by atoms with Crippen LogP contribution in [0.5, 0.6) is 0 Å². The van der Waals surface area contributed by atoms with E-state index in [1.807, 2.05) is 31.2 Å². The van der Waals surface area contributed by atoms with Crippen LogP contribution in [0.2, 0.25) is 0 Å². The molecule has 0 aliphatic heterocycles. The molecule has 106 valence electrons. The number of benzene rings is 2. The monoisotopic (exact) mass is 339 g/mol. The molecule has 0 spiro atoms. The third kappa shape index (κ3) is 2.91. The van der Waals surface area contributed by atoms with Crippen molar-refractivity contribution in [3.05, 3.63) is 69.2 Å². The van der Waals surface area contributed by atoms with Gasteiger partial charge in [0.15, 0.2) is 11.6 Å². The minimum atomic E-state index is -0.785. The Balaban J connectivity index is 2.55. The van der Waals surface area contributed by atoms with Crippen molar-refractivity contribution in [2.45, 2.75) is 19.9 Å². The van der Waals surface area contributed by atoms with Crippen LogP contribution in [-0.2, 0) is 0 Å². The van der Waals surface area contributed by atoms with E-state index in [1.54, 1.807) is 19.1 Å². The molecule has 4 heteroatoms. The first kappa shape index (κ1) is 15.1. The predicted molar refractivity (Wildman–Crippen MR) is 80.8 cm³/mol. The highest BCUT2D eigenvalue weighted by molar-refractivity contribution is 9.10. The maximum atomic E-state index is 14.2. The van der Waals surface area contributed by atoms with E-state index in [-0.39, 0.29) is 6.04 Å². The third-order valence-corrected chi connectivity index (χ3v) is 3.96. The summed E-state index contributed by atoms with van der Waals surface area (Å²) in [4.78, 5) is 0. The number of hydrogen-bond donors (Lipinski definition) is 1. The number of hydrogen-bond acceptors (Lipinski definition) is 1. The highest BCUT2D eigenvalue weighted by Gasteiger charge is 2.21. The SMILES string of the molecule is CCNC(c1ccccc1Br)c1ccc(C)c(F)c1F. The molecule has 0 amide bonds. The molecule has 1 nitrogen and oxygen atoms in total. The van der Waals surface area contributed by atoms with Crippen LogP contribution in [0.15, 0.2) is 40.9 Å². The molecule has 0 saturated heterocycles. The Kier molecular flexibility index (Phi) is 4.89. The summed E-state index contributed by atoms with van der Waals surface area (Å²) in [6.07, 6.45) is 0. The van der Waals surface area contributed by atoms with E-state index < -0.39 is 11.6 Å². The maximum absolute atomic E-state index is 14.2. The van der Waals surface area contributed by atoms with Gasteiger partial charge in [-0.15, -0.1) is 0 Å². The third-order valence-electron chi connectivity index (χ3n) is 3.24. The average Bonchev–Trinajstić information content (AvgIpc) is 2.44. The fraction of sp³-hybridized carbons (Fsp3) is 0.250. The molecule has 1 N–H and O–H groups in total. The molecule has 0 fully saturated rings. The van der Waals surface area contributed by atoms with E-state index in [4.69, 9.17) is 0 Å². The van der Waals surface area contributed by atoms with Gasteiger partial charge < -0.3 is 5.32 Å². The van der Waals surface area contributed by atoms with E-state index in [1.165, 1.54) is 0 Å². The van der Waals surface area contributed by atoms with E-state index in [9.17, 15) is 8.78 Å². The molecule has 0 aromatic heterocycles. The summed E-state index contributed by atoms with van der Waals surface area (Å²) >= 11 is 3.47. The van der Waals surface area contributed by atoms with Gasteiger partial charge in [-0.1, -0.05) is 53.2 Å². The van der Waals surface area contributed by atoms with Gasteiger partial charge in [-0.25, -0.2) is 8.78 Å². The number of rotatable bonds is 4. The molecule has 0 bridgehead atoms. The minimum absolute atomic E-state index is 0.314. The Bertz CT molecular complexity index is 613. The zero-order valence-electron chi connectivity index (χ0n) is 11.4. The van der Waals surface area contributed by atoms with Gasteiger partial charge in [-0.2, -0.15) is 0 Å². The van der Waals surface area contributed by atoms with Crippen LogP contribution in [-0.4, -0.2) is 6.54 Å². The lowest BCUT2D eigenvalue weighted by Gasteiger charge is -2.21. The second-order valence-corrected chi connectivity index (χ2v) is 5.47. The summed E-state index contributed by atoms with van der Waals surface area (Å²) in [5.74, 6) is -1.57. The Morgan fingerprint density at radius 1 is 1.05 bits per heavy atom. The van der Waals surface area contributed by atoms with Crippen LogP contribution < -0.4 is 5.32 Å². The molecule has 20 heavy (non-hydrogen) atoms. The lowest BCUT2D eigenvalue weighted by Crippen LogP contribution is -2.24. The van der Waals surface area contributed by atoms with Gasteiger partial charge in [-0.05, 0) is 30.7 Å². The van der Waals surface area contributed by atoms with Crippen LogP contribution in [0, 0.1) is 18.6 Å². The average molecular weight is 340 g/mol. The quantitative estimate of drug-likeness (QED) is 0.848. The van der Waals surface area contributed by atoms with Crippen molar-refractivity contribution in [2.75, 3.05) is 6.54 Å². The zero-order chi connectivity index (χ0) is 14.7. The topological polar surface area (TPSA) is 12.0 Å². The molecule has 0 aliphatic carbocycles. The first-order chi connectivity index (χ1) is 9.56. The van der Waals surface area contributed by atoms with E-state index in [0.717, 1.165) is 10.0 Å². The van der Waals surface area contributed by atoms with Gasteiger partial charge in [-0.3, -0.25) is 0 Å². The molecule has 1 unspecified atom stereocenters. The molecular formula is C16H16BrF2N. The Morgan fingerprint density at radius 2 is 1.75 bits per heavy atom. The maximum Gasteiger partial charge on any atom is 0.164 e. The fourth-order valence-electron chi connectivity index (χ4n) is 2.18. The summed E-state index contributed by atoms with van der Waals surface area (Å²) < 4.78 is 28.9. The van der Waals surface area contributed by atoms with Crippen molar-refractivity contribution < 1.29 is 8.78 Å². The van der Waals surface area contributed by atoms with Gasteiger partial charge in [0.05, 0.1) is 6.04 Å². The summed E-state index contributed by atoms with van der Waals surface area (Å²) in [5, 5.41) is 3.21. The van der Waals surface area contributed by atoms with Crippen molar-refractivity contribution in [3.8, 4) is 0 Å². The summed E-state index contributed by atoms with van der Waals surface area (Å²) in [6.45, 7) is 4.15. The smallest absolute Gasteiger partial charge is 0.164 e. The first-order valence-corrected chi connectivity index (χ1v) is 7.27. The van der Waals surface area contributed by atoms with E-state index in [0.29, 0.717) is 17.7 Å². The van der Waals surface area contributed by atoms with Crippen molar-refractivity contribution in [2.24, 2.45) is 0 Å². The summed E-state index contributed by atoms with van der Waals surface area (Å²) in [6, 6.07) is 10.4. The van der Waals surface area contributed by atoms with E-state index in [2.05, 4.69) is 21.2 Å². The van der Waals surface area contributed by atoms with Crippen molar-refractivity contribution in [1.29, 1.82) is 0 Å². The molecule has 0 heterocycles. The standard InChI is InChI=1S/C16H16BrF2N/c1-3-20-16(11-6-4-5-7-13(11)17)12-9-8-10(2)14(18)15(12)19/h4-9,16,20H,3H2,1-2H3. The predicted octanol–water partition coefficient (Wildman–Crippen LogP) is 4.73. The summed E-state index contributed by atoms with van der Waals surface area (Å²) in [5.41, 5.74) is 1.52.